The summed E-state index contributed by atoms with van der Waals surface area (Å²) in [6.07, 6.45) is 0. The molecule has 0 aliphatic carbocycles. The summed E-state index contributed by atoms with van der Waals surface area (Å²) in [6.45, 7) is 5.32. The van der Waals surface area contributed by atoms with Gasteiger partial charge in [-0.25, -0.2) is 4.39 Å². The number of nitrogens with zero attached hydrogens (tertiary/aromatic N) is 5. The molecule has 1 aliphatic heterocycles. The van der Waals surface area contributed by atoms with Crippen LogP contribution in [0.2, 0.25) is 0 Å². The Kier molecular flexibility index (Phi) is 8.95. The lowest BCUT2D eigenvalue weighted by Gasteiger charge is -2.36. The third kappa shape index (κ3) is 6.05. The van der Waals surface area contributed by atoms with Gasteiger partial charge in [-0.1, -0.05) is 36.0 Å². The van der Waals surface area contributed by atoms with E-state index in [0.717, 1.165) is 16.5 Å². The van der Waals surface area contributed by atoms with Gasteiger partial charge in [0, 0.05) is 51.7 Å². The van der Waals surface area contributed by atoms with Gasteiger partial charge in [0.1, 0.15) is 12.4 Å². The molecule has 1 atom stereocenters. The Labute approximate surface area is 215 Å². The summed E-state index contributed by atoms with van der Waals surface area (Å²) in [5.74, 6) is 1.23. The van der Waals surface area contributed by atoms with Crippen LogP contribution in [-0.2, 0) is 21.8 Å². The van der Waals surface area contributed by atoms with Gasteiger partial charge >= 0.3 is 0 Å². The minimum absolute atomic E-state index is 0.000252. The van der Waals surface area contributed by atoms with E-state index in [2.05, 4.69) is 21.7 Å². The van der Waals surface area contributed by atoms with Crippen molar-refractivity contribution in [3.05, 3.63) is 71.3 Å². The molecule has 1 fully saturated rings. The van der Waals surface area contributed by atoms with Crippen LogP contribution in [0.5, 0.6) is 0 Å². The Morgan fingerprint density at radius 2 is 1.75 bits per heavy atom. The first kappa shape index (κ1) is 26.1. The Hall–Kier alpha value is -2.95. The number of carbonyl (C=O) groups excluding carboxylic acids is 1. The Balaban J connectivity index is 1.34. The van der Waals surface area contributed by atoms with Crippen molar-refractivity contribution >= 4 is 23.4 Å². The average molecular weight is 514 g/mol. The van der Waals surface area contributed by atoms with Gasteiger partial charge in [0.2, 0.25) is 0 Å². The molecule has 4 rings (SSSR count). The van der Waals surface area contributed by atoms with Crippen LogP contribution in [0.1, 0.15) is 34.7 Å². The fourth-order valence-electron chi connectivity index (χ4n) is 4.32. The molecule has 0 spiro atoms. The molecule has 0 bridgehead atoms. The molecule has 1 saturated heterocycles. The van der Waals surface area contributed by atoms with Gasteiger partial charge in [0.15, 0.2) is 11.0 Å². The number of anilines is 1. The van der Waals surface area contributed by atoms with Crippen LogP contribution in [-0.4, -0.2) is 72.6 Å². The largest absolute Gasteiger partial charge is 0.383 e. The summed E-state index contributed by atoms with van der Waals surface area (Å²) in [7, 11) is 3.31. The fourth-order valence-corrected chi connectivity index (χ4v) is 5.34. The van der Waals surface area contributed by atoms with Crippen molar-refractivity contribution in [1.82, 2.24) is 19.7 Å². The number of halogens is 1. The average Bonchev–Trinajstić information content (AvgIpc) is 3.31. The third-order valence-corrected chi connectivity index (χ3v) is 7.20. The molecule has 2 heterocycles. The fraction of sp³-hybridized carbons (Fsp3) is 0.423. The predicted molar refractivity (Wildman–Crippen MR) is 138 cm³/mol. The monoisotopic (exact) mass is 513 g/mol. The van der Waals surface area contributed by atoms with Crippen molar-refractivity contribution < 1.29 is 18.7 Å². The minimum atomic E-state index is -0.230. The molecular weight excluding hydrogens is 481 g/mol. The number of benzene rings is 2. The van der Waals surface area contributed by atoms with E-state index in [0.29, 0.717) is 56.4 Å². The lowest BCUT2D eigenvalue weighted by atomic mass is 10.1. The lowest BCUT2D eigenvalue weighted by molar-refractivity contribution is 0.0746. The number of para-hydroxylation sites is 1. The normalized spacial score (nSPS) is 14.8. The van der Waals surface area contributed by atoms with E-state index in [1.54, 1.807) is 38.1 Å². The second kappa shape index (κ2) is 12.3. The zero-order valence-corrected chi connectivity index (χ0v) is 21.7. The number of amides is 1. The highest BCUT2D eigenvalue weighted by Gasteiger charge is 2.24. The van der Waals surface area contributed by atoms with Crippen molar-refractivity contribution in [2.75, 3.05) is 51.9 Å². The topological polar surface area (TPSA) is 72.7 Å². The molecular formula is C26H32FN5O3S. The van der Waals surface area contributed by atoms with Gasteiger partial charge in [0.05, 0.1) is 18.3 Å². The molecule has 0 radical (unpaired) electrons. The van der Waals surface area contributed by atoms with Crippen molar-refractivity contribution in [2.45, 2.75) is 30.5 Å². The smallest absolute Gasteiger partial charge is 0.253 e. The van der Waals surface area contributed by atoms with Crippen LogP contribution in [0, 0.1) is 5.82 Å². The van der Waals surface area contributed by atoms with E-state index < -0.39 is 0 Å². The highest BCUT2D eigenvalue weighted by Crippen LogP contribution is 2.26. The zero-order valence-electron chi connectivity index (χ0n) is 20.9. The summed E-state index contributed by atoms with van der Waals surface area (Å²) in [4.78, 5) is 16.9. The molecule has 8 nitrogen and oxygen atoms in total. The molecule has 0 N–H and O–H groups in total. The maximum atomic E-state index is 14.1. The Morgan fingerprint density at radius 1 is 1.03 bits per heavy atom. The molecule has 2 aromatic carbocycles. The molecule has 1 amide bonds. The first-order chi connectivity index (χ1) is 17.5. The van der Waals surface area contributed by atoms with Crippen molar-refractivity contribution in [1.29, 1.82) is 0 Å². The van der Waals surface area contributed by atoms with E-state index >= 15 is 0 Å². The number of piperazine rings is 1. The summed E-state index contributed by atoms with van der Waals surface area (Å²) in [5.41, 5.74) is 2.33. The van der Waals surface area contributed by atoms with Crippen molar-refractivity contribution in [3.63, 3.8) is 0 Å². The van der Waals surface area contributed by atoms with Crippen molar-refractivity contribution in [3.8, 4) is 0 Å². The second-order valence-corrected chi connectivity index (χ2v) is 9.66. The molecule has 1 aromatic heterocycles. The highest BCUT2D eigenvalue weighted by molar-refractivity contribution is 7.98. The summed E-state index contributed by atoms with van der Waals surface area (Å²) < 4.78 is 26.7. The van der Waals surface area contributed by atoms with E-state index in [1.807, 2.05) is 40.1 Å². The molecule has 0 saturated carbocycles. The molecule has 36 heavy (non-hydrogen) atoms. The van der Waals surface area contributed by atoms with Crippen LogP contribution in [0.4, 0.5) is 10.1 Å². The third-order valence-electron chi connectivity index (χ3n) is 6.19. The standard InChI is InChI=1S/C26H32FN5O3S/c1-19(16-34-2)32-24(17-35-3)28-29-26(32)36-18-20-8-10-21(11-9-20)25(33)31-14-12-30(13-15-31)23-7-5-4-6-22(23)27/h4-11,19H,12-18H2,1-3H3. The van der Waals surface area contributed by atoms with E-state index in [4.69, 9.17) is 9.47 Å². The zero-order chi connectivity index (χ0) is 25.5. The van der Waals surface area contributed by atoms with Gasteiger partial charge in [-0.05, 0) is 36.8 Å². The number of aromatic nitrogens is 3. The maximum absolute atomic E-state index is 14.1. The van der Waals surface area contributed by atoms with Gasteiger partial charge in [-0.3, -0.25) is 9.36 Å². The van der Waals surface area contributed by atoms with E-state index in [1.165, 1.54) is 6.07 Å². The Morgan fingerprint density at radius 3 is 2.42 bits per heavy atom. The molecule has 10 heteroatoms. The summed E-state index contributed by atoms with van der Waals surface area (Å²) in [5, 5.41) is 9.43. The second-order valence-electron chi connectivity index (χ2n) is 8.72. The molecule has 1 unspecified atom stereocenters. The maximum Gasteiger partial charge on any atom is 0.253 e. The summed E-state index contributed by atoms with van der Waals surface area (Å²) >= 11 is 1.59. The first-order valence-electron chi connectivity index (χ1n) is 11.9. The van der Waals surface area contributed by atoms with Crippen LogP contribution < -0.4 is 4.90 Å². The first-order valence-corrected chi connectivity index (χ1v) is 12.9. The molecule has 1 aliphatic rings. The van der Waals surface area contributed by atoms with E-state index in [9.17, 15) is 9.18 Å². The number of methoxy groups -OCH3 is 2. The van der Waals surface area contributed by atoms with E-state index in [-0.39, 0.29) is 17.8 Å². The number of carbonyl (C=O) groups is 1. The molecule has 192 valence electrons. The van der Waals surface area contributed by atoms with Crippen LogP contribution in [0.3, 0.4) is 0 Å². The van der Waals surface area contributed by atoms with Crippen LogP contribution >= 0.6 is 11.8 Å². The Bertz CT molecular complexity index is 1150. The minimum Gasteiger partial charge on any atom is -0.383 e. The number of ether oxygens (including phenoxy) is 2. The highest BCUT2D eigenvalue weighted by atomic mass is 32.2. The van der Waals surface area contributed by atoms with Crippen molar-refractivity contribution in [2.24, 2.45) is 0 Å². The van der Waals surface area contributed by atoms with Crippen LogP contribution in [0.15, 0.2) is 53.7 Å². The van der Waals surface area contributed by atoms with Gasteiger partial charge < -0.3 is 19.3 Å². The molecule has 3 aromatic rings. The van der Waals surface area contributed by atoms with Gasteiger partial charge in [-0.2, -0.15) is 0 Å². The predicted octanol–water partition coefficient (Wildman–Crippen LogP) is 4.03. The number of hydrogen-bond donors (Lipinski definition) is 0. The summed E-state index contributed by atoms with van der Waals surface area (Å²) in [6, 6.07) is 14.5. The number of rotatable bonds is 10. The van der Waals surface area contributed by atoms with Gasteiger partial charge in [0.25, 0.3) is 5.91 Å². The van der Waals surface area contributed by atoms with Crippen LogP contribution in [0.25, 0.3) is 0 Å². The lowest BCUT2D eigenvalue weighted by Crippen LogP contribution is -2.49. The number of hydrogen-bond acceptors (Lipinski definition) is 7. The SMILES string of the molecule is COCc1nnc(SCc2ccc(C(=O)N3CCN(c4ccccc4F)CC3)cc2)n1C(C)COC. The van der Waals surface area contributed by atoms with Gasteiger partial charge in [-0.15, -0.1) is 10.2 Å². The number of thioether (sulfide) groups is 1. The quantitative estimate of drug-likeness (QED) is 0.379.